The van der Waals surface area contributed by atoms with E-state index in [1.54, 1.807) is 12.1 Å². The van der Waals surface area contributed by atoms with Gasteiger partial charge in [0.25, 0.3) is 0 Å². The molecule has 0 atom stereocenters. The van der Waals surface area contributed by atoms with Crippen molar-refractivity contribution in [3.8, 4) is 28.7 Å². The maximum absolute atomic E-state index is 9.24. The molecule has 2 rings (SSSR count). The van der Waals surface area contributed by atoms with Crippen molar-refractivity contribution in [2.45, 2.75) is 0 Å². The van der Waals surface area contributed by atoms with Gasteiger partial charge in [0.15, 0.2) is 0 Å². The highest BCUT2D eigenvalue weighted by atomic mass is 16.5. The van der Waals surface area contributed by atoms with Gasteiger partial charge in [0.1, 0.15) is 28.7 Å². The third-order valence-electron chi connectivity index (χ3n) is 1.95. The van der Waals surface area contributed by atoms with Crippen LogP contribution in [0.15, 0.2) is 42.5 Å². The second-order valence-electron chi connectivity index (χ2n) is 3.28. The number of rotatable bonds is 2. The van der Waals surface area contributed by atoms with Crippen LogP contribution in [0.4, 0.5) is 0 Å². The van der Waals surface area contributed by atoms with Gasteiger partial charge in [-0.15, -0.1) is 0 Å². The zero-order chi connectivity index (χ0) is 11.5. The molecule has 4 heteroatoms. The first-order valence-corrected chi connectivity index (χ1v) is 4.63. The van der Waals surface area contributed by atoms with Gasteiger partial charge >= 0.3 is 0 Å². The lowest BCUT2D eigenvalue weighted by Gasteiger charge is -2.06. The maximum Gasteiger partial charge on any atom is 0.134 e. The molecule has 2 aromatic carbocycles. The number of hydrogen-bond acceptors (Lipinski definition) is 4. The quantitative estimate of drug-likeness (QED) is 0.724. The topological polar surface area (TPSA) is 69.9 Å². The monoisotopic (exact) mass is 218 g/mol. The standard InChI is InChI=1S/C12H10O4/c13-8-1-3-11(4-2-8)16-12-6-9(14)5-10(15)7-12/h1-7,13-15H. The van der Waals surface area contributed by atoms with E-state index in [1.165, 1.54) is 30.3 Å². The highest BCUT2D eigenvalue weighted by Gasteiger charge is 2.01. The summed E-state index contributed by atoms with van der Waals surface area (Å²) in [5.74, 6) is 0.819. The predicted molar refractivity (Wildman–Crippen MR) is 58.0 cm³/mol. The lowest BCUT2D eigenvalue weighted by Crippen LogP contribution is -1.83. The summed E-state index contributed by atoms with van der Waals surface area (Å²) in [7, 11) is 0. The second kappa shape index (κ2) is 4.02. The van der Waals surface area contributed by atoms with Crippen LogP contribution in [0.5, 0.6) is 28.7 Å². The molecule has 3 N–H and O–H groups in total. The first-order valence-electron chi connectivity index (χ1n) is 4.63. The molecule has 0 aliphatic rings. The van der Waals surface area contributed by atoms with Gasteiger partial charge in [0.2, 0.25) is 0 Å². The molecule has 0 unspecified atom stereocenters. The predicted octanol–water partition coefficient (Wildman–Crippen LogP) is 2.60. The van der Waals surface area contributed by atoms with Gasteiger partial charge in [-0.25, -0.2) is 0 Å². The normalized spacial score (nSPS) is 10.0. The fourth-order valence-corrected chi connectivity index (χ4v) is 1.28. The Bertz CT molecular complexity index is 471. The number of phenolic OH excluding ortho intramolecular Hbond substituents is 3. The first kappa shape index (κ1) is 10.2. The van der Waals surface area contributed by atoms with Gasteiger partial charge in [-0.2, -0.15) is 0 Å². The van der Waals surface area contributed by atoms with Crippen LogP contribution in [0.2, 0.25) is 0 Å². The molecule has 0 radical (unpaired) electrons. The van der Waals surface area contributed by atoms with Crippen LogP contribution in [-0.4, -0.2) is 15.3 Å². The Balaban J connectivity index is 2.23. The minimum absolute atomic E-state index is 0.0752. The summed E-state index contributed by atoms with van der Waals surface area (Å²) in [6.45, 7) is 0. The van der Waals surface area contributed by atoms with E-state index >= 15 is 0 Å². The molecule has 82 valence electrons. The Kier molecular flexibility index (Phi) is 2.55. The van der Waals surface area contributed by atoms with Crippen LogP contribution in [0, 0.1) is 0 Å². The van der Waals surface area contributed by atoms with Crippen LogP contribution >= 0.6 is 0 Å². The van der Waals surface area contributed by atoms with E-state index in [1.807, 2.05) is 0 Å². The summed E-state index contributed by atoms with van der Waals surface area (Å²) in [5.41, 5.74) is 0. The fourth-order valence-electron chi connectivity index (χ4n) is 1.28. The van der Waals surface area contributed by atoms with Crippen molar-refractivity contribution in [1.82, 2.24) is 0 Å². The summed E-state index contributed by atoms with van der Waals surface area (Å²) in [6.07, 6.45) is 0. The maximum atomic E-state index is 9.24. The van der Waals surface area contributed by atoms with Crippen molar-refractivity contribution in [1.29, 1.82) is 0 Å². The molecule has 0 heterocycles. The summed E-state index contributed by atoms with van der Waals surface area (Å²) >= 11 is 0. The third-order valence-corrected chi connectivity index (χ3v) is 1.95. The average Bonchev–Trinajstić information content (AvgIpc) is 2.20. The first-order chi connectivity index (χ1) is 7.63. The lowest BCUT2D eigenvalue weighted by atomic mass is 10.3. The van der Waals surface area contributed by atoms with Gasteiger partial charge in [0, 0.05) is 18.2 Å². The van der Waals surface area contributed by atoms with Gasteiger partial charge in [0.05, 0.1) is 0 Å². The SMILES string of the molecule is Oc1ccc(Oc2cc(O)cc(O)c2)cc1. The van der Waals surface area contributed by atoms with Gasteiger partial charge in [-0.1, -0.05) is 0 Å². The molecule has 0 saturated carbocycles. The molecule has 0 amide bonds. The highest BCUT2D eigenvalue weighted by molar-refractivity contribution is 5.43. The smallest absolute Gasteiger partial charge is 0.134 e. The van der Waals surface area contributed by atoms with Crippen molar-refractivity contribution < 1.29 is 20.1 Å². The molecule has 2 aromatic rings. The molecule has 0 aliphatic heterocycles. The summed E-state index contributed by atoms with van der Waals surface area (Å²) in [4.78, 5) is 0. The Hall–Kier alpha value is -2.36. The number of phenols is 3. The van der Waals surface area contributed by atoms with E-state index < -0.39 is 0 Å². The third kappa shape index (κ3) is 2.36. The molecular formula is C12H10O4. The van der Waals surface area contributed by atoms with E-state index in [9.17, 15) is 10.2 Å². The van der Waals surface area contributed by atoms with E-state index in [4.69, 9.17) is 9.84 Å². The Morgan fingerprint density at radius 3 is 1.75 bits per heavy atom. The summed E-state index contributed by atoms with van der Waals surface area (Å²) < 4.78 is 5.36. The molecule has 0 bridgehead atoms. The van der Waals surface area contributed by atoms with Crippen LogP contribution in [-0.2, 0) is 0 Å². The Morgan fingerprint density at radius 1 is 0.625 bits per heavy atom. The molecule has 0 spiro atoms. The van der Waals surface area contributed by atoms with Crippen LogP contribution < -0.4 is 4.74 Å². The van der Waals surface area contributed by atoms with Crippen molar-refractivity contribution in [2.24, 2.45) is 0 Å². The van der Waals surface area contributed by atoms with Crippen LogP contribution in [0.25, 0.3) is 0 Å². The molecule has 16 heavy (non-hydrogen) atoms. The van der Waals surface area contributed by atoms with E-state index in [0.29, 0.717) is 11.5 Å². The molecule has 4 nitrogen and oxygen atoms in total. The summed E-state index contributed by atoms with van der Waals surface area (Å²) in [5, 5.41) is 27.5. The van der Waals surface area contributed by atoms with Crippen molar-refractivity contribution in [3.63, 3.8) is 0 Å². The number of ether oxygens (including phenoxy) is 1. The van der Waals surface area contributed by atoms with E-state index in [2.05, 4.69) is 0 Å². The Labute approximate surface area is 92.0 Å². The zero-order valence-corrected chi connectivity index (χ0v) is 8.29. The Morgan fingerprint density at radius 2 is 1.19 bits per heavy atom. The molecular weight excluding hydrogens is 208 g/mol. The minimum atomic E-state index is -0.0752. The zero-order valence-electron chi connectivity index (χ0n) is 8.29. The van der Waals surface area contributed by atoms with E-state index in [0.717, 1.165) is 0 Å². The second-order valence-corrected chi connectivity index (χ2v) is 3.28. The highest BCUT2D eigenvalue weighted by Crippen LogP contribution is 2.30. The number of benzene rings is 2. The van der Waals surface area contributed by atoms with Gasteiger partial charge < -0.3 is 20.1 Å². The number of aromatic hydroxyl groups is 3. The fraction of sp³-hybridized carbons (Fsp3) is 0. The van der Waals surface area contributed by atoms with Gasteiger partial charge in [-0.3, -0.25) is 0 Å². The number of hydrogen-bond donors (Lipinski definition) is 3. The lowest BCUT2D eigenvalue weighted by molar-refractivity contribution is 0.430. The average molecular weight is 218 g/mol. The van der Waals surface area contributed by atoms with Crippen molar-refractivity contribution in [3.05, 3.63) is 42.5 Å². The largest absolute Gasteiger partial charge is 0.508 e. The molecule has 0 fully saturated rings. The van der Waals surface area contributed by atoms with Crippen molar-refractivity contribution >= 4 is 0 Å². The molecule has 0 aromatic heterocycles. The van der Waals surface area contributed by atoms with Crippen LogP contribution in [0.1, 0.15) is 0 Å². The minimum Gasteiger partial charge on any atom is -0.508 e. The molecule has 0 saturated heterocycles. The molecule has 0 aliphatic carbocycles. The van der Waals surface area contributed by atoms with Crippen LogP contribution in [0.3, 0.4) is 0 Å². The van der Waals surface area contributed by atoms with Crippen molar-refractivity contribution in [2.75, 3.05) is 0 Å². The van der Waals surface area contributed by atoms with Gasteiger partial charge in [-0.05, 0) is 24.3 Å². The summed E-state index contributed by atoms with van der Waals surface area (Å²) in [6, 6.07) is 10.1. The van der Waals surface area contributed by atoms with E-state index in [-0.39, 0.29) is 17.2 Å².